The van der Waals surface area contributed by atoms with E-state index >= 15 is 0 Å². The third-order valence-corrected chi connectivity index (χ3v) is 6.89. The molecule has 0 aliphatic carbocycles. The Kier molecular flexibility index (Phi) is 5.30. The highest BCUT2D eigenvalue weighted by molar-refractivity contribution is 8.03. The van der Waals surface area contributed by atoms with Gasteiger partial charge in [-0.3, -0.25) is 4.79 Å². The summed E-state index contributed by atoms with van der Waals surface area (Å²) in [6.07, 6.45) is 2.54. The van der Waals surface area contributed by atoms with E-state index in [9.17, 15) is 13.2 Å². The van der Waals surface area contributed by atoms with Gasteiger partial charge < -0.3 is 4.74 Å². The zero-order chi connectivity index (χ0) is 15.5. The molecular formula is C10H11N3O4S4. The number of esters is 1. The second-order valence-electron chi connectivity index (χ2n) is 3.76. The molecule has 21 heavy (non-hydrogen) atoms. The van der Waals surface area contributed by atoms with Crippen molar-refractivity contribution in [3.8, 4) is 0 Å². The van der Waals surface area contributed by atoms with Gasteiger partial charge in [-0.25, -0.2) is 13.4 Å². The van der Waals surface area contributed by atoms with Crippen LogP contribution in [-0.4, -0.2) is 42.4 Å². The van der Waals surface area contributed by atoms with E-state index < -0.39 is 9.84 Å². The second kappa shape index (κ2) is 6.81. The van der Waals surface area contributed by atoms with Gasteiger partial charge in [0, 0.05) is 6.26 Å². The molecule has 0 saturated carbocycles. The van der Waals surface area contributed by atoms with Gasteiger partial charge in [-0.1, -0.05) is 22.7 Å². The molecule has 11 heteroatoms. The molecule has 0 unspecified atom stereocenters. The summed E-state index contributed by atoms with van der Waals surface area (Å²) in [4.78, 5) is 15.4. The topological polar surface area (TPSA) is 99.1 Å². The van der Waals surface area contributed by atoms with Crippen molar-refractivity contribution in [1.82, 2.24) is 15.2 Å². The van der Waals surface area contributed by atoms with E-state index in [1.54, 1.807) is 6.92 Å². The number of aromatic nitrogens is 3. The number of thiazole rings is 1. The lowest BCUT2D eigenvalue weighted by molar-refractivity contribution is -0.142. The number of carbonyl (C=O) groups is 1. The standard InChI is InChI=1S/C10H11N3O4S4/c1-3-17-7(14)4-6-12-13-10(18-6)20-9-11-5-8(19-9)21(2,15)16/h5H,3-4H2,1-2H3. The number of ether oxygens (including phenoxy) is 1. The van der Waals surface area contributed by atoms with Crippen LogP contribution >= 0.6 is 34.4 Å². The fourth-order valence-corrected chi connectivity index (χ4v) is 5.27. The van der Waals surface area contributed by atoms with Gasteiger partial charge in [0.25, 0.3) is 0 Å². The van der Waals surface area contributed by atoms with E-state index in [2.05, 4.69) is 15.2 Å². The molecule has 114 valence electrons. The van der Waals surface area contributed by atoms with E-state index in [4.69, 9.17) is 4.74 Å². The normalized spacial score (nSPS) is 11.5. The minimum absolute atomic E-state index is 0.0819. The molecule has 0 spiro atoms. The lowest BCUT2D eigenvalue weighted by Gasteiger charge is -1.96. The Balaban J connectivity index is 2.02. The zero-order valence-electron chi connectivity index (χ0n) is 11.1. The van der Waals surface area contributed by atoms with Gasteiger partial charge in [-0.15, -0.1) is 10.2 Å². The van der Waals surface area contributed by atoms with Crippen molar-refractivity contribution in [2.45, 2.75) is 26.2 Å². The van der Waals surface area contributed by atoms with Crippen molar-refractivity contribution in [3.63, 3.8) is 0 Å². The van der Waals surface area contributed by atoms with Crippen LogP contribution in [0, 0.1) is 0 Å². The molecule has 0 bridgehead atoms. The van der Waals surface area contributed by atoms with Gasteiger partial charge in [0.1, 0.15) is 9.22 Å². The molecule has 0 fully saturated rings. The van der Waals surface area contributed by atoms with Crippen LogP contribution in [0.1, 0.15) is 11.9 Å². The Morgan fingerprint density at radius 2 is 2.10 bits per heavy atom. The lowest BCUT2D eigenvalue weighted by atomic mass is 10.5. The van der Waals surface area contributed by atoms with Crippen molar-refractivity contribution in [1.29, 1.82) is 0 Å². The summed E-state index contributed by atoms with van der Waals surface area (Å²) < 4.78 is 28.9. The Morgan fingerprint density at radius 3 is 2.71 bits per heavy atom. The van der Waals surface area contributed by atoms with Crippen LogP contribution < -0.4 is 0 Å². The number of rotatable bonds is 6. The molecule has 2 rings (SSSR count). The van der Waals surface area contributed by atoms with Crippen LogP contribution in [0.25, 0.3) is 0 Å². The van der Waals surface area contributed by atoms with Crippen molar-refractivity contribution >= 4 is 50.2 Å². The molecule has 0 radical (unpaired) electrons. The molecule has 2 aromatic heterocycles. The zero-order valence-corrected chi connectivity index (χ0v) is 14.4. The van der Waals surface area contributed by atoms with Gasteiger partial charge in [-0.05, 0) is 18.7 Å². The van der Waals surface area contributed by atoms with Gasteiger partial charge in [0.05, 0.1) is 19.2 Å². The van der Waals surface area contributed by atoms with Gasteiger partial charge in [0.15, 0.2) is 18.5 Å². The van der Waals surface area contributed by atoms with Gasteiger partial charge in [-0.2, -0.15) is 0 Å². The van der Waals surface area contributed by atoms with Gasteiger partial charge >= 0.3 is 5.97 Å². The van der Waals surface area contributed by atoms with Crippen LogP contribution in [0.5, 0.6) is 0 Å². The first-order valence-corrected chi connectivity index (χ1v) is 10.0. The summed E-state index contributed by atoms with van der Waals surface area (Å²) in [6.45, 7) is 2.06. The minimum Gasteiger partial charge on any atom is -0.466 e. The lowest BCUT2D eigenvalue weighted by Crippen LogP contribution is -2.07. The van der Waals surface area contributed by atoms with E-state index in [-0.39, 0.29) is 16.6 Å². The second-order valence-corrected chi connectivity index (χ2v) is 9.59. The van der Waals surface area contributed by atoms with Crippen LogP contribution in [0.15, 0.2) is 19.1 Å². The molecule has 2 aromatic rings. The maximum Gasteiger partial charge on any atom is 0.312 e. The van der Waals surface area contributed by atoms with Crippen molar-refractivity contribution in [3.05, 3.63) is 11.2 Å². The first kappa shape index (κ1) is 16.3. The molecule has 2 heterocycles. The summed E-state index contributed by atoms with van der Waals surface area (Å²) in [5.41, 5.74) is 0. The fourth-order valence-electron chi connectivity index (χ4n) is 1.22. The smallest absolute Gasteiger partial charge is 0.312 e. The Bertz CT molecular complexity index is 737. The number of sulfone groups is 1. The van der Waals surface area contributed by atoms with E-state index in [1.807, 2.05) is 0 Å². The van der Waals surface area contributed by atoms with E-state index in [0.717, 1.165) is 17.6 Å². The highest BCUT2D eigenvalue weighted by atomic mass is 32.2. The summed E-state index contributed by atoms with van der Waals surface area (Å²) in [5.74, 6) is -0.348. The minimum atomic E-state index is -3.24. The molecule has 0 aliphatic heterocycles. The van der Waals surface area contributed by atoms with E-state index in [0.29, 0.717) is 20.3 Å². The molecule has 0 atom stereocenters. The average molecular weight is 365 g/mol. The molecule has 7 nitrogen and oxygen atoms in total. The molecule has 0 aliphatic rings. The quantitative estimate of drug-likeness (QED) is 0.713. The predicted octanol–water partition coefficient (Wildman–Crippen LogP) is 1.65. The average Bonchev–Trinajstić information content (AvgIpc) is 2.99. The molecule has 0 N–H and O–H groups in total. The first-order valence-electron chi connectivity index (χ1n) is 5.70. The first-order chi connectivity index (χ1) is 9.88. The SMILES string of the molecule is CCOC(=O)Cc1nnc(Sc2ncc(S(C)(=O)=O)s2)s1. The summed E-state index contributed by atoms with van der Waals surface area (Å²) in [7, 11) is -3.24. The number of hydrogen-bond acceptors (Lipinski definition) is 10. The van der Waals surface area contributed by atoms with Crippen LogP contribution in [0.3, 0.4) is 0 Å². The Morgan fingerprint density at radius 1 is 1.33 bits per heavy atom. The monoisotopic (exact) mass is 365 g/mol. The summed E-state index contributed by atoms with van der Waals surface area (Å²) >= 11 is 3.55. The van der Waals surface area contributed by atoms with Gasteiger partial charge in [0.2, 0.25) is 0 Å². The van der Waals surface area contributed by atoms with Crippen LogP contribution in [-0.2, 0) is 25.8 Å². The molecular weight excluding hydrogens is 354 g/mol. The molecule has 0 aromatic carbocycles. The Hall–Kier alpha value is -1.04. The predicted molar refractivity (Wildman–Crippen MR) is 79.6 cm³/mol. The fraction of sp³-hybridized carbons (Fsp3) is 0.400. The summed E-state index contributed by atoms with van der Waals surface area (Å²) in [5, 5.41) is 8.38. The highest BCUT2D eigenvalue weighted by Crippen LogP contribution is 2.34. The number of carbonyl (C=O) groups excluding carboxylic acids is 1. The maximum absolute atomic E-state index is 11.4. The highest BCUT2D eigenvalue weighted by Gasteiger charge is 2.15. The largest absolute Gasteiger partial charge is 0.466 e. The van der Waals surface area contributed by atoms with Crippen molar-refractivity contribution < 1.29 is 17.9 Å². The Labute approximate surface area is 133 Å². The third kappa shape index (κ3) is 4.73. The maximum atomic E-state index is 11.4. The number of hydrogen-bond donors (Lipinski definition) is 0. The summed E-state index contributed by atoms with van der Waals surface area (Å²) in [6, 6.07) is 0. The van der Waals surface area contributed by atoms with Crippen LogP contribution in [0.2, 0.25) is 0 Å². The van der Waals surface area contributed by atoms with Crippen LogP contribution in [0.4, 0.5) is 0 Å². The molecule has 0 saturated heterocycles. The third-order valence-electron chi connectivity index (χ3n) is 2.05. The van der Waals surface area contributed by atoms with E-state index in [1.165, 1.54) is 29.3 Å². The number of nitrogens with zero attached hydrogens (tertiary/aromatic N) is 3. The van der Waals surface area contributed by atoms with Crippen molar-refractivity contribution in [2.24, 2.45) is 0 Å². The van der Waals surface area contributed by atoms with Crippen molar-refractivity contribution in [2.75, 3.05) is 12.9 Å². The molecule has 0 amide bonds.